The number of fused-ring (bicyclic) bond motifs is 1. The second-order valence-corrected chi connectivity index (χ2v) is 4.82. The van der Waals surface area contributed by atoms with Gasteiger partial charge in [-0.3, -0.25) is 4.79 Å². The zero-order valence-corrected chi connectivity index (χ0v) is 11.5. The number of nitrogens with zero attached hydrogens (tertiary/aromatic N) is 3. The van der Waals surface area contributed by atoms with E-state index in [4.69, 9.17) is 0 Å². The molecule has 2 aromatic carbocycles. The summed E-state index contributed by atoms with van der Waals surface area (Å²) in [5.41, 5.74) is 2.99. The predicted molar refractivity (Wildman–Crippen MR) is 79.6 cm³/mol. The SMILES string of the molecule is CC1=NN(C(=O)c2ccccc2)C(C#N)c2ccccc21. The number of carbonyl (C=O) groups excluding carboxylic acids is 1. The van der Waals surface area contributed by atoms with Crippen LogP contribution in [0.25, 0.3) is 0 Å². The minimum absolute atomic E-state index is 0.268. The largest absolute Gasteiger partial charge is 0.275 e. The molecule has 0 N–H and O–H groups in total. The van der Waals surface area contributed by atoms with E-state index in [0.29, 0.717) is 5.56 Å². The van der Waals surface area contributed by atoms with Crippen LogP contribution in [0.15, 0.2) is 59.7 Å². The first-order valence-corrected chi connectivity index (χ1v) is 6.65. The number of nitriles is 1. The maximum atomic E-state index is 12.6. The Morgan fingerprint density at radius 3 is 2.52 bits per heavy atom. The third-order valence-corrected chi connectivity index (χ3v) is 3.50. The van der Waals surface area contributed by atoms with Crippen molar-refractivity contribution in [2.24, 2.45) is 5.10 Å². The molecule has 1 amide bonds. The Morgan fingerprint density at radius 1 is 1.14 bits per heavy atom. The predicted octanol–water partition coefficient (Wildman–Crippen LogP) is 3.13. The van der Waals surface area contributed by atoms with Crippen molar-refractivity contribution in [2.45, 2.75) is 13.0 Å². The Balaban J connectivity index is 2.07. The number of hydrazone groups is 1. The van der Waals surface area contributed by atoms with Gasteiger partial charge in [0.05, 0.1) is 11.8 Å². The van der Waals surface area contributed by atoms with Crippen LogP contribution in [0.1, 0.15) is 34.5 Å². The molecule has 0 aliphatic carbocycles. The Kier molecular flexibility index (Phi) is 3.25. The van der Waals surface area contributed by atoms with Crippen molar-refractivity contribution in [2.75, 3.05) is 0 Å². The zero-order valence-electron chi connectivity index (χ0n) is 11.5. The van der Waals surface area contributed by atoms with Gasteiger partial charge >= 0.3 is 0 Å². The summed E-state index contributed by atoms with van der Waals surface area (Å²) in [6, 6.07) is 17.9. The molecule has 1 aliphatic heterocycles. The molecule has 21 heavy (non-hydrogen) atoms. The lowest BCUT2D eigenvalue weighted by Gasteiger charge is -2.29. The second-order valence-electron chi connectivity index (χ2n) is 4.82. The second kappa shape index (κ2) is 5.22. The summed E-state index contributed by atoms with van der Waals surface area (Å²) in [7, 11) is 0. The lowest BCUT2D eigenvalue weighted by molar-refractivity contribution is 0.0718. The van der Waals surface area contributed by atoms with Crippen molar-refractivity contribution in [3.05, 3.63) is 71.3 Å². The van der Waals surface area contributed by atoms with Gasteiger partial charge in [-0.15, -0.1) is 0 Å². The van der Waals surface area contributed by atoms with Gasteiger partial charge < -0.3 is 0 Å². The Morgan fingerprint density at radius 2 is 1.81 bits per heavy atom. The van der Waals surface area contributed by atoms with Gasteiger partial charge in [-0.05, 0) is 19.1 Å². The van der Waals surface area contributed by atoms with E-state index >= 15 is 0 Å². The standard InChI is InChI=1S/C17H13N3O/c1-12-14-9-5-6-10-15(14)16(11-18)20(19-12)17(21)13-7-3-2-4-8-13/h2-10,16H,1H3. The van der Waals surface area contributed by atoms with Crippen LogP contribution in [0.2, 0.25) is 0 Å². The highest BCUT2D eigenvalue weighted by Gasteiger charge is 2.31. The van der Waals surface area contributed by atoms with E-state index in [1.54, 1.807) is 24.3 Å². The van der Waals surface area contributed by atoms with Crippen LogP contribution in [0.3, 0.4) is 0 Å². The van der Waals surface area contributed by atoms with Crippen LogP contribution in [0, 0.1) is 11.3 Å². The summed E-state index contributed by atoms with van der Waals surface area (Å²) < 4.78 is 0. The highest BCUT2D eigenvalue weighted by atomic mass is 16.2. The molecule has 1 heterocycles. The molecule has 102 valence electrons. The average molecular weight is 275 g/mol. The maximum Gasteiger partial charge on any atom is 0.275 e. The molecule has 0 saturated carbocycles. The number of hydrogen-bond donors (Lipinski definition) is 0. The van der Waals surface area contributed by atoms with Gasteiger partial charge in [0.25, 0.3) is 5.91 Å². The number of carbonyl (C=O) groups is 1. The Labute approximate surface area is 122 Å². The summed E-state index contributed by atoms with van der Waals surface area (Å²) in [6.45, 7) is 1.84. The van der Waals surface area contributed by atoms with Crippen LogP contribution in [-0.2, 0) is 0 Å². The van der Waals surface area contributed by atoms with Crippen molar-refractivity contribution in [3.63, 3.8) is 0 Å². The summed E-state index contributed by atoms with van der Waals surface area (Å²) in [6.07, 6.45) is 0. The molecular weight excluding hydrogens is 262 g/mol. The maximum absolute atomic E-state index is 12.6. The zero-order chi connectivity index (χ0) is 14.8. The first-order valence-electron chi connectivity index (χ1n) is 6.65. The van der Waals surface area contributed by atoms with Crippen LogP contribution in [-0.4, -0.2) is 16.6 Å². The molecule has 1 aliphatic rings. The molecule has 0 saturated heterocycles. The van der Waals surface area contributed by atoms with Crippen LogP contribution < -0.4 is 0 Å². The van der Waals surface area contributed by atoms with Crippen LogP contribution in [0.4, 0.5) is 0 Å². The van der Waals surface area contributed by atoms with Crippen LogP contribution in [0.5, 0.6) is 0 Å². The van der Waals surface area contributed by atoms with Gasteiger partial charge in [-0.25, -0.2) is 5.01 Å². The van der Waals surface area contributed by atoms with E-state index in [0.717, 1.165) is 16.8 Å². The normalized spacial score (nSPS) is 16.7. The topological polar surface area (TPSA) is 56.5 Å². The van der Waals surface area contributed by atoms with Gasteiger partial charge in [-0.1, -0.05) is 42.5 Å². The first-order chi connectivity index (χ1) is 10.2. The van der Waals surface area contributed by atoms with Gasteiger partial charge in [-0.2, -0.15) is 10.4 Å². The van der Waals surface area contributed by atoms with Crippen molar-refractivity contribution < 1.29 is 4.79 Å². The van der Waals surface area contributed by atoms with Crippen LogP contribution >= 0.6 is 0 Å². The molecule has 2 aromatic rings. The summed E-state index contributed by atoms with van der Waals surface area (Å²) in [4.78, 5) is 12.6. The fourth-order valence-corrected chi connectivity index (χ4v) is 2.47. The summed E-state index contributed by atoms with van der Waals surface area (Å²) in [5, 5.41) is 15.1. The minimum atomic E-state index is -0.697. The molecule has 1 atom stereocenters. The molecule has 0 aromatic heterocycles. The van der Waals surface area contributed by atoms with E-state index in [-0.39, 0.29) is 5.91 Å². The van der Waals surface area contributed by atoms with Gasteiger partial charge in [0.2, 0.25) is 0 Å². The van der Waals surface area contributed by atoms with E-state index in [1.807, 2.05) is 37.3 Å². The van der Waals surface area contributed by atoms with E-state index < -0.39 is 6.04 Å². The Bertz CT molecular complexity index is 759. The highest BCUT2D eigenvalue weighted by Crippen LogP contribution is 2.30. The molecule has 3 rings (SSSR count). The number of benzene rings is 2. The van der Waals surface area contributed by atoms with E-state index in [1.165, 1.54) is 5.01 Å². The molecule has 0 radical (unpaired) electrons. The number of hydrogen-bond acceptors (Lipinski definition) is 3. The summed E-state index contributed by atoms with van der Waals surface area (Å²) in [5.74, 6) is -0.268. The van der Waals surface area contributed by atoms with E-state index in [2.05, 4.69) is 11.2 Å². The summed E-state index contributed by atoms with van der Waals surface area (Å²) >= 11 is 0. The quantitative estimate of drug-likeness (QED) is 0.802. The van der Waals surface area contributed by atoms with Crippen molar-refractivity contribution >= 4 is 11.6 Å². The molecule has 0 spiro atoms. The van der Waals surface area contributed by atoms with Crippen molar-refractivity contribution in [3.8, 4) is 6.07 Å². The molecular formula is C17H13N3O. The number of amides is 1. The monoisotopic (exact) mass is 275 g/mol. The van der Waals surface area contributed by atoms with Crippen molar-refractivity contribution in [1.82, 2.24) is 5.01 Å². The van der Waals surface area contributed by atoms with Gasteiger partial charge in [0.15, 0.2) is 6.04 Å². The molecule has 1 unspecified atom stereocenters. The minimum Gasteiger partial charge on any atom is -0.267 e. The molecule has 0 fully saturated rings. The van der Waals surface area contributed by atoms with E-state index in [9.17, 15) is 10.1 Å². The highest BCUT2D eigenvalue weighted by molar-refractivity contribution is 6.03. The van der Waals surface area contributed by atoms with Crippen molar-refractivity contribution in [1.29, 1.82) is 5.26 Å². The van der Waals surface area contributed by atoms with Gasteiger partial charge in [0, 0.05) is 16.7 Å². The number of rotatable bonds is 1. The fraction of sp³-hybridized carbons (Fsp3) is 0.118. The third kappa shape index (κ3) is 2.19. The molecule has 0 bridgehead atoms. The first kappa shape index (κ1) is 13.1. The molecule has 4 heteroatoms. The average Bonchev–Trinajstić information content (AvgIpc) is 2.55. The smallest absolute Gasteiger partial charge is 0.267 e. The third-order valence-electron chi connectivity index (χ3n) is 3.50. The Hall–Kier alpha value is -2.93. The molecule has 4 nitrogen and oxygen atoms in total. The lowest BCUT2D eigenvalue weighted by atomic mass is 9.96. The fourth-order valence-electron chi connectivity index (χ4n) is 2.47. The van der Waals surface area contributed by atoms with Gasteiger partial charge in [0.1, 0.15) is 0 Å². The lowest BCUT2D eigenvalue weighted by Crippen LogP contribution is -2.34.